The number of carbonyl (C=O) groups excluding carboxylic acids is 2. The van der Waals surface area contributed by atoms with Crippen LogP contribution in [-0.4, -0.2) is 44.0 Å². The lowest BCUT2D eigenvalue weighted by molar-refractivity contribution is -0.123. The summed E-state index contributed by atoms with van der Waals surface area (Å²) < 4.78 is 5.16. The van der Waals surface area contributed by atoms with E-state index in [-0.39, 0.29) is 24.9 Å². The zero-order chi connectivity index (χ0) is 18.9. The van der Waals surface area contributed by atoms with Gasteiger partial charge in [-0.05, 0) is 43.8 Å². The van der Waals surface area contributed by atoms with Crippen LogP contribution in [-0.2, 0) is 16.1 Å². The third-order valence-corrected chi connectivity index (χ3v) is 3.79. The van der Waals surface area contributed by atoms with E-state index in [2.05, 4.69) is 10.6 Å². The number of benzene rings is 2. The largest absolute Gasteiger partial charge is 0.497 e. The van der Waals surface area contributed by atoms with Crippen LogP contribution >= 0.6 is 0 Å². The summed E-state index contributed by atoms with van der Waals surface area (Å²) in [5.41, 5.74) is 2.83. The molecule has 0 atom stereocenters. The van der Waals surface area contributed by atoms with Crippen LogP contribution in [0.2, 0.25) is 0 Å². The molecule has 0 aliphatic carbocycles. The Morgan fingerprint density at radius 1 is 1.04 bits per heavy atom. The van der Waals surface area contributed by atoms with E-state index in [4.69, 9.17) is 4.74 Å². The van der Waals surface area contributed by atoms with Gasteiger partial charge in [-0.1, -0.05) is 29.8 Å². The van der Waals surface area contributed by atoms with Crippen molar-refractivity contribution in [1.29, 1.82) is 0 Å². The van der Waals surface area contributed by atoms with E-state index < -0.39 is 0 Å². The molecule has 0 bridgehead atoms. The molecule has 2 aromatic rings. The predicted octanol–water partition coefficient (Wildman–Crippen LogP) is 2.19. The summed E-state index contributed by atoms with van der Waals surface area (Å²) in [5.74, 6) is 0.456. The standard InChI is InChI=1S/C20H25N3O3/c1-15-7-9-17(10-8-15)22-20(25)14-23(2)13-19(24)21-12-16-5-4-6-18(11-16)26-3/h4-11H,12-14H2,1-3H3,(H,21,24)(H,22,25). The van der Waals surface area contributed by atoms with Crippen molar-refractivity contribution in [2.75, 3.05) is 32.6 Å². The molecule has 0 saturated carbocycles. The Labute approximate surface area is 154 Å². The fraction of sp³-hybridized carbons (Fsp3) is 0.300. The number of aryl methyl sites for hydroxylation is 1. The molecular weight excluding hydrogens is 330 g/mol. The number of likely N-dealkylation sites (N-methyl/N-ethyl adjacent to an activating group) is 1. The van der Waals surface area contributed by atoms with Crippen LogP contribution in [0.15, 0.2) is 48.5 Å². The van der Waals surface area contributed by atoms with Gasteiger partial charge in [0.25, 0.3) is 0 Å². The van der Waals surface area contributed by atoms with Crippen molar-refractivity contribution in [3.05, 3.63) is 59.7 Å². The Morgan fingerprint density at radius 3 is 2.42 bits per heavy atom. The summed E-state index contributed by atoms with van der Waals surface area (Å²) in [5, 5.41) is 5.66. The molecule has 0 saturated heterocycles. The molecular formula is C20H25N3O3. The van der Waals surface area contributed by atoms with Crippen LogP contribution in [0.5, 0.6) is 5.75 Å². The number of ether oxygens (including phenoxy) is 1. The molecule has 0 spiro atoms. The molecule has 0 radical (unpaired) electrons. The molecule has 0 aromatic heterocycles. The van der Waals surface area contributed by atoms with Crippen molar-refractivity contribution < 1.29 is 14.3 Å². The quantitative estimate of drug-likeness (QED) is 0.762. The summed E-state index contributed by atoms with van der Waals surface area (Å²) >= 11 is 0. The van der Waals surface area contributed by atoms with Gasteiger partial charge >= 0.3 is 0 Å². The van der Waals surface area contributed by atoms with Gasteiger partial charge < -0.3 is 15.4 Å². The van der Waals surface area contributed by atoms with Gasteiger partial charge in [-0.3, -0.25) is 14.5 Å². The summed E-state index contributed by atoms with van der Waals surface area (Å²) in [6, 6.07) is 15.1. The van der Waals surface area contributed by atoms with E-state index in [0.29, 0.717) is 6.54 Å². The van der Waals surface area contributed by atoms with Crippen molar-refractivity contribution in [3.8, 4) is 5.75 Å². The highest BCUT2D eigenvalue weighted by Crippen LogP contribution is 2.12. The summed E-state index contributed by atoms with van der Waals surface area (Å²) in [7, 11) is 3.34. The fourth-order valence-corrected chi connectivity index (χ4v) is 2.42. The first kappa shape index (κ1) is 19.5. The van der Waals surface area contributed by atoms with Crippen LogP contribution in [0.25, 0.3) is 0 Å². The highest BCUT2D eigenvalue weighted by atomic mass is 16.5. The molecule has 2 rings (SSSR count). The van der Waals surface area contributed by atoms with Crippen LogP contribution in [0.4, 0.5) is 5.69 Å². The van der Waals surface area contributed by atoms with Gasteiger partial charge in [0.1, 0.15) is 5.75 Å². The first-order chi connectivity index (χ1) is 12.5. The maximum absolute atomic E-state index is 12.0. The zero-order valence-electron chi connectivity index (χ0n) is 15.4. The number of hydrogen-bond acceptors (Lipinski definition) is 4. The number of amides is 2. The van der Waals surface area contributed by atoms with Gasteiger partial charge in [0.05, 0.1) is 20.2 Å². The van der Waals surface area contributed by atoms with Crippen LogP contribution in [0, 0.1) is 6.92 Å². The second kappa shape index (κ2) is 9.58. The van der Waals surface area contributed by atoms with E-state index in [9.17, 15) is 9.59 Å². The minimum Gasteiger partial charge on any atom is -0.497 e. The highest BCUT2D eigenvalue weighted by molar-refractivity contribution is 5.92. The van der Waals surface area contributed by atoms with E-state index in [1.807, 2.05) is 55.5 Å². The van der Waals surface area contributed by atoms with Crippen LogP contribution < -0.4 is 15.4 Å². The lowest BCUT2D eigenvalue weighted by Gasteiger charge is -2.16. The Kier molecular flexibility index (Phi) is 7.17. The molecule has 2 N–H and O–H groups in total. The van der Waals surface area contributed by atoms with Gasteiger partial charge in [-0.2, -0.15) is 0 Å². The maximum atomic E-state index is 12.0. The minimum atomic E-state index is -0.156. The molecule has 2 aromatic carbocycles. The lowest BCUT2D eigenvalue weighted by Crippen LogP contribution is -2.38. The second-order valence-corrected chi connectivity index (χ2v) is 6.21. The van der Waals surface area contributed by atoms with E-state index in [1.165, 1.54) is 0 Å². The smallest absolute Gasteiger partial charge is 0.238 e. The zero-order valence-corrected chi connectivity index (χ0v) is 15.4. The molecule has 0 unspecified atom stereocenters. The van der Waals surface area contributed by atoms with Gasteiger partial charge in [-0.15, -0.1) is 0 Å². The topological polar surface area (TPSA) is 70.7 Å². The van der Waals surface area contributed by atoms with Crippen LogP contribution in [0.1, 0.15) is 11.1 Å². The Bertz CT molecular complexity index is 744. The number of nitrogens with zero attached hydrogens (tertiary/aromatic N) is 1. The van der Waals surface area contributed by atoms with E-state index >= 15 is 0 Å². The highest BCUT2D eigenvalue weighted by Gasteiger charge is 2.11. The summed E-state index contributed by atoms with van der Waals surface area (Å²) in [4.78, 5) is 25.8. The molecule has 0 aliphatic heterocycles. The minimum absolute atomic E-state index is 0.139. The summed E-state index contributed by atoms with van der Waals surface area (Å²) in [6.45, 7) is 2.69. The molecule has 0 aliphatic rings. The Morgan fingerprint density at radius 2 is 1.73 bits per heavy atom. The first-order valence-corrected chi connectivity index (χ1v) is 8.41. The van der Waals surface area contributed by atoms with Crippen molar-refractivity contribution in [3.63, 3.8) is 0 Å². The van der Waals surface area contributed by atoms with Crippen molar-refractivity contribution in [1.82, 2.24) is 10.2 Å². The summed E-state index contributed by atoms with van der Waals surface area (Å²) in [6.07, 6.45) is 0. The molecule has 26 heavy (non-hydrogen) atoms. The maximum Gasteiger partial charge on any atom is 0.238 e. The normalized spacial score (nSPS) is 10.5. The average Bonchev–Trinajstić information content (AvgIpc) is 2.62. The van der Waals surface area contributed by atoms with E-state index in [0.717, 1.165) is 22.6 Å². The number of nitrogens with one attached hydrogen (secondary N) is 2. The number of hydrogen-bond donors (Lipinski definition) is 2. The molecule has 138 valence electrons. The Hall–Kier alpha value is -2.86. The number of methoxy groups -OCH3 is 1. The van der Waals surface area contributed by atoms with Crippen molar-refractivity contribution in [2.45, 2.75) is 13.5 Å². The lowest BCUT2D eigenvalue weighted by atomic mass is 10.2. The predicted molar refractivity (Wildman–Crippen MR) is 102 cm³/mol. The first-order valence-electron chi connectivity index (χ1n) is 8.41. The monoisotopic (exact) mass is 355 g/mol. The van der Waals surface area contributed by atoms with Gasteiger partial charge in [0.2, 0.25) is 11.8 Å². The Balaban J connectivity index is 1.73. The fourth-order valence-electron chi connectivity index (χ4n) is 2.42. The van der Waals surface area contributed by atoms with Crippen LogP contribution in [0.3, 0.4) is 0 Å². The van der Waals surface area contributed by atoms with Crippen molar-refractivity contribution in [2.24, 2.45) is 0 Å². The van der Waals surface area contributed by atoms with Gasteiger partial charge in [0, 0.05) is 12.2 Å². The molecule has 6 nitrogen and oxygen atoms in total. The van der Waals surface area contributed by atoms with Gasteiger partial charge in [-0.25, -0.2) is 0 Å². The van der Waals surface area contributed by atoms with Crippen molar-refractivity contribution >= 4 is 17.5 Å². The molecule has 2 amide bonds. The molecule has 6 heteroatoms. The molecule has 0 heterocycles. The second-order valence-electron chi connectivity index (χ2n) is 6.21. The number of rotatable bonds is 8. The third kappa shape index (κ3) is 6.57. The average molecular weight is 355 g/mol. The van der Waals surface area contributed by atoms with Gasteiger partial charge in [0.15, 0.2) is 0 Å². The number of carbonyl (C=O) groups is 2. The molecule has 0 fully saturated rings. The van der Waals surface area contributed by atoms with E-state index in [1.54, 1.807) is 19.1 Å². The third-order valence-electron chi connectivity index (χ3n) is 3.79. The SMILES string of the molecule is COc1cccc(CNC(=O)CN(C)CC(=O)Nc2ccc(C)cc2)c1. The number of anilines is 1.